The topological polar surface area (TPSA) is 37.8 Å². The van der Waals surface area contributed by atoms with Crippen molar-refractivity contribution in [1.82, 2.24) is 14.9 Å². The molecular weight excluding hydrogens is 330 g/mol. The maximum Gasteiger partial charge on any atom is 0.0860 e. The van der Waals surface area contributed by atoms with E-state index in [2.05, 4.69) is 62.4 Å². The van der Waals surface area contributed by atoms with Crippen molar-refractivity contribution < 1.29 is 0 Å². The predicted molar refractivity (Wildman–Crippen MR) is 81.5 cm³/mol. The average Bonchev–Trinajstić information content (AvgIpc) is 2.89. The van der Waals surface area contributed by atoms with Crippen LogP contribution in [0.4, 0.5) is 0 Å². The van der Waals surface area contributed by atoms with Crippen LogP contribution in [0.3, 0.4) is 0 Å². The van der Waals surface area contributed by atoms with Crippen LogP contribution < -0.4 is 5.32 Å². The van der Waals surface area contributed by atoms with E-state index in [0.717, 1.165) is 10.2 Å². The van der Waals surface area contributed by atoms with Crippen LogP contribution in [-0.4, -0.2) is 16.6 Å². The number of halogens is 1. The van der Waals surface area contributed by atoms with Gasteiger partial charge in [-0.15, -0.1) is 5.10 Å². The van der Waals surface area contributed by atoms with Gasteiger partial charge in [0, 0.05) is 15.3 Å². The van der Waals surface area contributed by atoms with E-state index in [1.54, 1.807) is 11.3 Å². The molecule has 2 heterocycles. The molecular formula is C12H16BrN3S2. The Morgan fingerprint density at radius 3 is 2.56 bits per heavy atom. The number of aromatic nitrogens is 2. The molecule has 0 bridgehead atoms. The van der Waals surface area contributed by atoms with Gasteiger partial charge in [0.2, 0.25) is 0 Å². The Balaban J connectivity index is 2.47. The summed E-state index contributed by atoms with van der Waals surface area (Å²) in [4.78, 5) is 1.20. The number of hydrogen-bond donors (Lipinski definition) is 1. The molecule has 0 aliphatic carbocycles. The van der Waals surface area contributed by atoms with Gasteiger partial charge in [-0.3, -0.25) is 0 Å². The lowest BCUT2D eigenvalue weighted by Crippen LogP contribution is -2.22. The third-order valence-corrected chi connectivity index (χ3v) is 5.27. The number of thiophene rings is 1. The van der Waals surface area contributed by atoms with Gasteiger partial charge in [-0.25, -0.2) is 0 Å². The molecule has 0 saturated heterocycles. The fourth-order valence-corrected chi connectivity index (χ4v) is 4.38. The highest BCUT2D eigenvalue weighted by molar-refractivity contribution is 9.10. The minimum atomic E-state index is 0.0138. The molecule has 0 fully saturated rings. The van der Waals surface area contributed by atoms with Crippen LogP contribution in [-0.2, 0) is 5.41 Å². The lowest BCUT2D eigenvalue weighted by molar-refractivity contribution is 0.549. The SMILES string of the molecule is CNC(c1cscc1Br)c1snnc1C(C)(C)C. The van der Waals surface area contributed by atoms with Crippen molar-refractivity contribution in [3.8, 4) is 0 Å². The van der Waals surface area contributed by atoms with Gasteiger partial charge < -0.3 is 5.32 Å². The molecule has 6 heteroatoms. The highest BCUT2D eigenvalue weighted by Crippen LogP contribution is 2.37. The third kappa shape index (κ3) is 2.66. The van der Waals surface area contributed by atoms with Gasteiger partial charge in [0.15, 0.2) is 0 Å². The van der Waals surface area contributed by atoms with Crippen molar-refractivity contribution in [2.45, 2.75) is 32.2 Å². The number of nitrogens with zero attached hydrogens (tertiary/aromatic N) is 2. The van der Waals surface area contributed by atoms with E-state index in [1.165, 1.54) is 22.0 Å². The van der Waals surface area contributed by atoms with Crippen molar-refractivity contribution >= 4 is 38.8 Å². The molecule has 0 aliphatic heterocycles. The lowest BCUT2D eigenvalue weighted by atomic mass is 9.89. The molecule has 1 atom stereocenters. The number of hydrogen-bond acceptors (Lipinski definition) is 5. The van der Waals surface area contributed by atoms with E-state index >= 15 is 0 Å². The molecule has 0 aromatic carbocycles. The molecule has 0 aliphatic rings. The molecule has 2 rings (SSSR count). The third-order valence-electron chi connectivity index (χ3n) is 2.73. The minimum absolute atomic E-state index is 0.0138. The van der Waals surface area contributed by atoms with Crippen LogP contribution >= 0.6 is 38.8 Å². The normalized spacial score (nSPS) is 13.8. The molecule has 2 aromatic heterocycles. The first-order valence-electron chi connectivity index (χ1n) is 5.66. The first-order valence-corrected chi connectivity index (χ1v) is 8.17. The second-order valence-corrected chi connectivity index (χ2v) is 7.52. The van der Waals surface area contributed by atoms with Gasteiger partial charge in [-0.05, 0) is 45.5 Å². The van der Waals surface area contributed by atoms with Crippen LogP contribution in [0.25, 0.3) is 0 Å². The highest BCUT2D eigenvalue weighted by Gasteiger charge is 2.28. The van der Waals surface area contributed by atoms with Crippen molar-refractivity contribution in [2.75, 3.05) is 7.05 Å². The summed E-state index contributed by atoms with van der Waals surface area (Å²) in [6, 6.07) is 0.153. The molecule has 18 heavy (non-hydrogen) atoms. The van der Waals surface area contributed by atoms with E-state index in [1.807, 2.05) is 7.05 Å². The number of nitrogens with one attached hydrogen (secondary N) is 1. The van der Waals surface area contributed by atoms with Crippen molar-refractivity contribution in [3.05, 3.63) is 31.4 Å². The van der Waals surface area contributed by atoms with Gasteiger partial charge >= 0.3 is 0 Å². The predicted octanol–water partition coefficient (Wildman–Crippen LogP) is 3.97. The lowest BCUT2D eigenvalue weighted by Gasteiger charge is -2.21. The first kappa shape index (κ1) is 14.1. The molecule has 1 N–H and O–H groups in total. The van der Waals surface area contributed by atoms with Crippen molar-refractivity contribution in [1.29, 1.82) is 0 Å². The molecule has 0 radical (unpaired) electrons. The maximum atomic E-state index is 4.31. The zero-order valence-electron chi connectivity index (χ0n) is 10.8. The Morgan fingerprint density at radius 2 is 2.06 bits per heavy atom. The van der Waals surface area contributed by atoms with Gasteiger partial charge in [0.25, 0.3) is 0 Å². The van der Waals surface area contributed by atoms with Crippen molar-refractivity contribution in [2.24, 2.45) is 0 Å². The van der Waals surface area contributed by atoms with Gasteiger partial charge in [-0.2, -0.15) is 11.3 Å². The second kappa shape index (κ2) is 5.36. The van der Waals surface area contributed by atoms with Crippen LogP contribution in [0.5, 0.6) is 0 Å². The molecule has 3 nitrogen and oxygen atoms in total. The molecule has 2 aromatic rings. The summed E-state index contributed by atoms with van der Waals surface area (Å²) in [5.74, 6) is 0. The summed E-state index contributed by atoms with van der Waals surface area (Å²) in [6.07, 6.45) is 0. The van der Waals surface area contributed by atoms with Crippen LogP contribution in [0, 0.1) is 0 Å². The highest BCUT2D eigenvalue weighted by atomic mass is 79.9. The summed E-state index contributed by atoms with van der Waals surface area (Å²) in [5.41, 5.74) is 2.34. The quantitative estimate of drug-likeness (QED) is 0.914. The maximum absolute atomic E-state index is 4.31. The Morgan fingerprint density at radius 1 is 1.33 bits per heavy atom. The zero-order chi connectivity index (χ0) is 13.3. The molecule has 0 spiro atoms. The standard InChI is InChI=1S/C12H16BrN3S2/c1-12(2,3)11-10(18-16-15-11)9(14-4)7-5-17-6-8(7)13/h5-6,9,14H,1-4H3. The van der Waals surface area contributed by atoms with Crippen LogP contribution in [0.1, 0.15) is 42.9 Å². The van der Waals surface area contributed by atoms with Gasteiger partial charge in [-0.1, -0.05) is 25.3 Å². The fourth-order valence-electron chi connectivity index (χ4n) is 1.83. The molecule has 98 valence electrons. The van der Waals surface area contributed by atoms with E-state index < -0.39 is 0 Å². The summed E-state index contributed by atoms with van der Waals surface area (Å²) in [6.45, 7) is 6.51. The largest absolute Gasteiger partial charge is 0.308 e. The van der Waals surface area contributed by atoms with Crippen molar-refractivity contribution in [3.63, 3.8) is 0 Å². The molecule has 1 unspecified atom stereocenters. The Hall–Kier alpha value is -0.300. The first-order chi connectivity index (χ1) is 8.45. The summed E-state index contributed by atoms with van der Waals surface area (Å²) in [7, 11) is 1.97. The summed E-state index contributed by atoms with van der Waals surface area (Å²) in [5, 5.41) is 11.9. The summed E-state index contributed by atoms with van der Waals surface area (Å²) < 4.78 is 5.28. The zero-order valence-corrected chi connectivity index (χ0v) is 14.0. The Kier molecular flexibility index (Phi) is 4.21. The van der Waals surface area contributed by atoms with Crippen LogP contribution in [0.2, 0.25) is 0 Å². The van der Waals surface area contributed by atoms with Crippen LogP contribution in [0.15, 0.2) is 15.2 Å². The number of rotatable bonds is 3. The summed E-state index contributed by atoms with van der Waals surface area (Å²) >= 11 is 6.78. The molecule has 0 amide bonds. The van der Waals surface area contributed by atoms with Gasteiger partial charge in [0.05, 0.1) is 16.6 Å². The van der Waals surface area contributed by atoms with Gasteiger partial charge in [0.1, 0.15) is 0 Å². The minimum Gasteiger partial charge on any atom is -0.308 e. The van der Waals surface area contributed by atoms with E-state index in [4.69, 9.17) is 0 Å². The Bertz CT molecular complexity index is 527. The molecule has 0 saturated carbocycles. The fraction of sp³-hybridized carbons (Fsp3) is 0.500. The van der Waals surface area contributed by atoms with E-state index in [9.17, 15) is 0 Å². The average molecular weight is 346 g/mol. The van der Waals surface area contributed by atoms with E-state index in [0.29, 0.717) is 0 Å². The Labute approximate surface area is 124 Å². The van der Waals surface area contributed by atoms with E-state index in [-0.39, 0.29) is 11.5 Å². The monoisotopic (exact) mass is 345 g/mol. The smallest absolute Gasteiger partial charge is 0.0860 e. The second-order valence-electron chi connectivity index (χ2n) is 5.13.